The quantitative estimate of drug-likeness (QED) is 0.351. The highest BCUT2D eigenvalue weighted by Gasteiger charge is 2.37. The van der Waals surface area contributed by atoms with Crippen LogP contribution in [0.1, 0.15) is 29.8 Å². The Labute approximate surface area is 195 Å². The number of esters is 1. The summed E-state index contributed by atoms with van der Waals surface area (Å²) in [5, 5.41) is 3.91. The normalized spacial score (nSPS) is 15.1. The maximum Gasteiger partial charge on any atom is 0.337 e. The Hall–Kier alpha value is -4.46. The first-order valence-electron chi connectivity index (χ1n) is 10.6. The van der Waals surface area contributed by atoms with Crippen LogP contribution in [-0.2, 0) is 14.3 Å². The van der Waals surface area contributed by atoms with Crippen molar-refractivity contribution in [3.05, 3.63) is 77.4 Å². The second-order valence-electron chi connectivity index (χ2n) is 7.86. The summed E-state index contributed by atoms with van der Waals surface area (Å²) in [6.45, 7) is 3.76. The van der Waals surface area contributed by atoms with E-state index in [1.54, 1.807) is 6.07 Å². The smallest absolute Gasteiger partial charge is 0.337 e. The number of amides is 4. The Balaban J connectivity index is 1.80. The zero-order valence-electron chi connectivity index (χ0n) is 18.8. The lowest BCUT2D eigenvalue weighted by molar-refractivity contribution is -0.122. The van der Waals surface area contributed by atoms with Crippen molar-refractivity contribution in [1.29, 1.82) is 0 Å². The van der Waals surface area contributed by atoms with Gasteiger partial charge in [-0.3, -0.25) is 14.9 Å². The zero-order chi connectivity index (χ0) is 24.4. The van der Waals surface area contributed by atoms with E-state index in [1.165, 1.54) is 37.5 Å². The van der Waals surface area contributed by atoms with Crippen molar-refractivity contribution < 1.29 is 28.7 Å². The lowest BCUT2D eigenvalue weighted by Gasteiger charge is -2.26. The van der Waals surface area contributed by atoms with Gasteiger partial charge in [-0.15, -0.1) is 0 Å². The number of imide groups is 2. The molecule has 0 aliphatic carbocycles. The van der Waals surface area contributed by atoms with E-state index in [4.69, 9.17) is 4.74 Å². The third-order valence-corrected chi connectivity index (χ3v) is 5.23. The molecule has 0 bridgehead atoms. The minimum Gasteiger partial charge on any atom is -0.490 e. The first-order valence-corrected chi connectivity index (χ1v) is 10.6. The molecule has 1 fully saturated rings. The number of barbiturate groups is 1. The minimum atomic E-state index is -0.880. The molecule has 1 aliphatic heterocycles. The Morgan fingerprint density at radius 1 is 0.971 bits per heavy atom. The molecule has 0 radical (unpaired) electrons. The largest absolute Gasteiger partial charge is 0.490 e. The van der Waals surface area contributed by atoms with Crippen LogP contribution in [0.15, 0.2) is 66.2 Å². The topological polar surface area (TPSA) is 102 Å². The van der Waals surface area contributed by atoms with Gasteiger partial charge in [0.05, 0.1) is 24.5 Å². The minimum absolute atomic E-state index is 0.138. The van der Waals surface area contributed by atoms with Crippen molar-refractivity contribution in [2.24, 2.45) is 0 Å². The van der Waals surface area contributed by atoms with Gasteiger partial charge in [-0.05, 0) is 61.0 Å². The summed E-state index contributed by atoms with van der Waals surface area (Å²) in [6, 6.07) is 16.1. The molecule has 3 aromatic carbocycles. The number of nitrogens with one attached hydrogen (secondary N) is 1. The molecule has 8 nitrogen and oxygen atoms in total. The molecule has 1 saturated heterocycles. The van der Waals surface area contributed by atoms with E-state index in [0.29, 0.717) is 11.3 Å². The fourth-order valence-electron chi connectivity index (χ4n) is 3.68. The molecule has 3 aromatic rings. The van der Waals surface area contributed by atoms with Crippen LogP contribution in [0.3, 0.4) is 0 Å². The number of rotatable bonds is 5. The summed E-state index contributed by atoms with van der Waals surface area (Å²) in [5.41, 5.74) is 0.793. The number of hydrogen-bond donors (Lipinski definition) is 1. The number of methoxy groups -OCH3 is 1. The first kappa shape index (κ1) is 22.7. The van der Waals surface area contributed by atoms with Crippen LogP contribution in [-0.4, -0.2) is 37.0 Å². The molecule has 0 saturated carbocycles. The molecule has 1 heterocycles. The molecule has 1 N–H and O–H groups in total. The predicted octanol–water partition coefficient (Wildman–Crippen LogP) is 4.08. The summed E-state index contributed by atoms with van der Waals surface area (Å²) in [5.74, 6) is -1.64. The average Bonchev–Trinajstić information content (AvgIpc) is 2.82. The van der Waals surface area contributed by atoms with Gasteiger partial charge in [0.1, 0.15) is 11.3 Å². The number of anilines is 1. The molecular weight excluding hydrogens is 436 g/mol. The maximum absolute atomic E-state index is 13.3. The molecular formula is C26H22N2O6. The number of urea groups is 1. The van der Waals surface area contributed by atoms with Gasteiger partial charge in [-0.1, -0.05) is 30.3 Å². The van der Waals surface area contributed by atoms with Crippen LogP contribution in [0.25, 0.3) is 16.8 Å². The molecule has 0 aromatic heterocycles. The van der Waals surface area contributed by atoms with E-state index < -0.39 is 23.8 Å². The Morgan fingerprint density at radius 3 is 2.35 bits per heavy atom. The van der Waals surface area contributed by atoms with Crippen LogP contribution < -0.4 is 15.0 Å². The summed E-state index contributed by atoms with van der Waals surface area (Å²) in [7, 11) is 1.26. The number of nitrogens with zero attached hydrogens (tertiary/aromatic N) is 1. The Kier molecular flexibility index (Phi) is 6.14. The molecule has 4 rings (SSSR count). The Bertz CT molecular complexity index is 1340. The first-order chi connectivity index (χ1) is 16.3. The summed E-state index contributed by atoms with van der Waals surface area (Å²) >= 11 is 0. The molecule has 34 heavy (non-hydrogen) atoms. The van der Waals surface area contributed by atoms with Crippen molar-refractivity contribution in [3.8, 4) is 5.75 Å². The van der Waals surface area contributed by atoms with Gasteiger partial charge in [0.25, 0.3) is 11.8 Å². The monoisotopic (exact) mass is 458 g/mol. The van der Waals surface area contributed by atoms with Crippen LogP contribution in [0.4, 0.5) is 10.5 Å². The van der Waals surface area contributed by atoms with E-state index >= 15 is 0 Å². The van der Waals surface area contributed by atoms with Crippen molar-refractivity contribution in [2.75, 3.05) is 12.0 Å². The third-order valence-electron chi connectivity index (χ3n) is 5.23. The summed E-state index contributed by atoms with van der Waals surface area (Å²) in [6.07, 6.45) is 1.31. The molecule has 0 atom stereocenters. The predicted molar refractivity (Wildman–Crippen MR) is 126 cm³/mol. The number of carbonyl (C=O) groups excluding carboxylic acids is 4. The molecule has 0 unspecified atom stereocenters. The third kappa shape index (κ3) is 4.25. The van der Waals surface area contributed by atoms with Crippen molar-refractivity contribution >= 4 is 46.4 Å². The molecule has 0 spiro atoms. The lowest BCUT2D eigenvalue weighted by atomic mass is 9.99. The van der Waals surface area contributed by atoms with E-state index in [1.807, 2.05) is 44.2 Å². The maximum atomic E-state index is 13.3. The zero-order valence-corrected chi connectivity index (χ0v) is 18.8. The fraction of sp³-hybridized carbons (Fsp3) is 0.154. The highest BCUT2D eigenvalue weighted by atomic mass is 16.5. The highest BCUT2D eigenvalue weighted by Crippen LogP contribution is 2.32. The molecule has 172 valence electrons. The van der Waals surface area contributed by atoms with Crippen LogP contribution >= 0.6 is 0 Å². The van der Waals surface area contributed by atoms with Gasteiger partial charge in [-0.2, -0.15) is 0 Å². The average molecular weight is 458 g/mol. The number of ether oxygens (including phenoxy) is 2. The fourth-order valence-corrected chi connectivity index (χ4v) is 3.68. The van der Waals surface area contributed by atoms with E-state index in [0.717, 1.165) is 15.7 Å². The van der Waals surface area contributed by atoms with Gasteiger partial charge in [-0.25, -0.2) is 14.5 Å². The van der Waals surface area contributed by atoms with Gasteiger partial charge in [0.2, 0.25) is 0 Å². The SMILES string of the molecule is COC(=O)c1ccc(N2C(=O)NC(=O)/C(=C\c3c(OC(C)C)ccc4ccccc34)C2=O)cc1. The van der Waals surface area contributed by atoms with Crippen molar-refractivity contribution in [1.82, 2.24) is 5.32 Å². The number of carbonyl (C=O) groups is 4. The molecule has 1 aliphatic rings. The van der Waals surface area contributed by atoms with Gasteiger partial charge >= 0.3 is 12.0 Å². The van der Waals surface area contributed by atoms with Gasteiger partial charge in [0, 0.05) is 5.56 Å². The van der Waals surface area contributed by atoms with E-state index in [-0.39, 0.29) is 22.9 Å². The lowest BCUT2D eigenvalue weighted by Crippen LogP contribution is -2.54. The van der Waals surface area contributed by atoms with E-state index in [2.05, 4.69) is 10.1 Å². The van der Waals surface area contributed by atoms with Crippen molar-refractivity contribution in [3.63, 3.8) is 0 Å². The number of fused-ring (bicyclic) bond motifs is 1. The highest BCUT2D eigenvalue weighted by molar-refractivity contribution is 6.39. The molecule has 4 amide bonds. The van der Waals surface area contributed by atoms with E-state index in [9.17, 15) is 19.2 Å². The number of benzene rings is 3. The Morgan fingerprint density at radius 2 is 1.68 bits per heavy atom. The second kappa shape index (κ2) is 9.19. The standard InChI is InChI=1S/C26H22N2O6/c1-15(2)34-22-13-10-16-6-4-5-7-19(16)20(22)14-21-23(29)27-26(32)28(24(21)30)18-11-8-17(9-12-18)25(31)33-3/h4-15H,1-3H3,(H,27,29,32)/b21-14+. The summed E-state index contributed by atoms with van der Waals surface area (Å²) in [4.78, 5) is 51.1. The van der Waals surface area contributed by atoms with Crippen LogP contribution in [0.5, 0.6) is 5.75 Å². The van der Waals surface area contributed by atoms with Gasteiger partial charge < -0.3 is 9.47 Å². The summed E-state index contributed by atoms with van der Waals surface area (Å²) < 4.78 is 10.6. The van der Waals surface area contributed by atoms with Crippen LogP contribution in [0.2, 0.25) is 0 Å². The second-order valence-corrected chi connectivity index (χ2v) is 7.86. The number of hydrogen-bond acceptors (Lipinski definition) is 6. The van der Waals surface area contributed by atoms with Gasteiger partial charge in [0.15, 0.2) is 0 Å². The van der Waals surface area contributed by atoms with Crippen molar-refractivity contribution in [2.45, 2.75) is 20.0 Å². The molecule has 8 heteroatoms. The van der Waals surface area contributed by atoms with Crippen LogP contribution in [0, 0.1) is 0 Å².